The second kappa shape index (κ2) is 7.28. The van der Waals surface area contributed by atoms with Crippen LogP contribution in [0.15, 0.2) is 11.4 Å². The molecule has 0 bridgehead atoms. The lowest BCUT2D eigenvalue weighted by Gasteiger charge is -2.19. The van der Waals surface area contributed by atoms with Crippen molar-refractivity contribution >= 4 is 29.1 Å². The average Bonchev–Trinajstić information content (AvgIpc) is 2.71. The van der Waals surface area contributed by atoms with E-state index in [1.807, 2.05) is 26.2 Å². The van der Waals surface area contributed by atoms with Crippen LogP contribution in [0.2, 0.25) is 0 Å². The van der Waals surface area contributed by atoms with E-state index in [1.54, 1.807) is 13.0 Å². The van der Waals surface area contributed by atoms with E-state index in [9.17, 15) is 9.59 Å². The SMILES string of the molecule is CCOC(=O)CCc1sccc1NC(=O)OC(C)(C)C. The second-order valence-corrected chi connectivity index (χ2v) is 6.19. The summed E-state index contributed by atoms with van der Waals surface area (Å²) in [5.41, 5.74) is 0.152. The molecule has 1 heterocycles. The zero-order valence-electron chi connectivity index (χ0n) is 12.3. The normalized spacial score (nSPS) is 11.0. The fraction of sp³-hybridized carbons (Fsp3) is 0.571. The average molecular weight is 299 g/mol. The maximum absolute atomic E-state index is 11.7. The molecule has 0 spiro atoms. The van der Waals surface area contributed by atoms with Crippen molar-refractivity contribution in [2.75, 3.05) is 11.9 Å². The van der Waals surface area contributed by atoms with Crippen LogP contribution in [0.5, 0.6) is 0 Å². The van der Waals surface area contributed by atoms with Crippen LogP contribution in [-0.4, -0.2) is 24.3 Å². The minimum Gasteiger partial charge on any atom is -0.466 e. The van der Waals surface area contributed by atoms with Crippen molar-refractivity contribution in [1.29, 1.82) is 0 Å². The first-order chi connectivity index (χ1) is 9.31. The van der Waals surface area contributed by atoms with Gasteiger partial charge in [0.15, 0.2) is 0 Å². The molecule has 0 unspecified atom stereocenters. The summed E-state index contributed by atoms with van der Waals surface area (Å²) in [5.74, 6) is -0.232. The fourth-order valence-corrected chi connectivity index (χ4v) is 2.34. The van der Waals surface area contributed by atoms with E-state index in [2.05, 4.69) is 5.32 Å². The van der Waals surface area contributed by atoms with Crippen molar-refractivity contribution in [2.24, 2.45) is 0 Å². The topological polar surface area (TPSA) is 64.6 Å². The molecule has 112 valence electrons. The minimum absolute atomic E-state index is 0.232. The van der Waals surface area contributed by atoms with Crippen LogP contribution in [0.3, 0.4) is 0 Å². The van der Waals surface area contributed by atoms with Gasteiger partial charge in [-0.05, 0) is 45.6 Å². The number of esters is 1. The van der Waals surface area contributed by atoms with Gasteiger partial charge in [-0.2, -0.15) is 0 Å². The summed E-state index contributed by atoms with van der Waals surface area (Å²) >= 11 is 1.49. The van der Waals surface area contributed by atoms with Gasteiger partial charge >= 0.3 is 12.1 Å². The molecule has 0 aliphatic carbocycles. The van der Waals surface area contributed by atoms with Crippen LogP contribution in [0, 0.1) is 0 Å². The van der Waals surface area contributed by atoms with E-state index in [0.29, 0.717) is 25.1 Å². The van der Waals surface area contributed by atoms with Gasteiger partial charge in [-0.15, -0.1) is 11.3 Å². The van der Waals surface area contributed by atoms with Crippen molar-refractivity contribution in [3.05, 3.63) is 16.3 Å². The molecule has 1 N–H and O–H groups in total. The smallest absolute Gasteiger partial charge is 0.412 e. The lowest BCUT2D eigenvalue weighted by Crippen LogP contribution is -2.27. The molecule has 1 aromatic heterocycles. The zero-order valence-corrected chi connectivity index (χ0v) is 13.1. The molecule has 0 atom stereocenters. The number of aryl methyl sites for hydroxylation is 1. The fourth-order valence-electron chi connectivity index (χ4n) is 1.51. The van der Waals surface area contributed by atoms with Crippen LogP contribution in [0.25, 0.3) is 0 Å². The van der Waals surface area contributed by atoms with Gasteiger partial charge in [0.25, 0.3) is 0 Å². The summed E-state index contributed by atoms with van der Waals surface area (Å²) < 4.78 is 10.1. The summed E-state index contributed by atoms with van der Waals surface area (Å²) in [6, 6.07) is 1.80. The van der Waals surface area contributed by atoms with Crippen molar-refractivity contribution in [2.45, 2.75) is 46.1 Å². The molecule has 0 saturated heterocycles. The number of rotatable bonds is 5. The highest BCUT2D eigenvalue weighted by Crippen LogP contribution is 2.24. The first kappa shape index (κ1) is 16.5. The summed E-state index contributed by atoms with van der Waals surface area (Å²) in [4.78, 5) is 24.0. The molecule has 0 fully saturated rings. The Morgan fingerprint density at radius 3 is 2.65 bits per heavy atom. The molecule has 0 aliphatic heterocycles. The van der Waals surface area contributed by atoms with Crippen molar-refractivity contribution < 1.29 is 19.1 Å². The Labute approximate surface area is 123 Å². The quantitative estimate of drug-likeness (QED) is 0.844. The van der Waals surface area contributed by atoms with Gasteiger partial charge in [0.05, 0.1) is 18.7 Å². The lowest BCUT2D eigenvalue weighted by atomic mass is 10.2. The maximum Gasteiger partial charge on any atom is 0.412 e. The van der Waals surface area contributed by atoms with Gasteiger partial charge in [-0.25, -0.2) is 4.79 Å². The number of amides is 1. The van der Waals surface area contributed by atoms with Gasteiger partial charge in [0.1, 0.15) is 5.60 Å². The highest BCUT2D eigenvalue weighted by molar-refractivity contribution is 7.10. The molecule has 6 heteroatoms. The third-order valence-corrected chi connectivity index (χ3v) is 3.22. The molecule has 0 aliphatic rings. The molecular formula is C14H21NO4S. The predicted octanol–water partition coefficient (Wildman–Crippen LogP) is 3.59. The number of carbonyl (C=O) groups is 2. The summed E-state index contributed by atoms with van der Waals surface area (Å²) in [6.45, 7) is 7.58. The third-order valence-electron chi connectivity index (χ3n) is 2.24. The van der Waals surface area contributed by atoms with E-state index >= 15 is 0 Å². The molecule has 1 aromatic rings. The molecule has 0 aromatic carbocycles. The van der Waals surface area contributed by atoms with Gasteiger partial charge in [-0.3, -0.25) is 10.1 Å². The molecule has 5 nitrogen and oxygen atoms in total. The zero-order chi connectivity index (χ0) is 15.2. The van der Waals surface area contributed by atoms with E-state index < -0.39 is 11.7 Å². The molecule has 1 rings (SSSR count). The molecule has 0 saturated carbocycles. The Bertz CT molecular complexity index is 462. The molecule has 20 heavy (non-hydrogen) atoms. The van der Waals surface area contributed by atoms with E-state index in [4.69, 9.17) is 9.47 Å². The summed E-state index contributed by atoms with van der Waals surface area (Å²) in [6.07, 6.45) is 0.354. The van der Waals surface area contributed by atoms with Crippen LogP contribution in [0.4, 0.5) is 10.5 Å². The number of thiophene rings is 1. The Kier molecular flexibility index (Phi) is 6.01. The van der Waals surface area contributed by atoms with E-state index in [1.165, 1.54) is 11.3 Å². The lowest BCUT2D eigenvalue weighted by molar-refractivity contribution is -0.143. The Hall–Kier alpha value is -1.56. The number of nitrogens with one attached hydrogen (secondary N) is 1. The Morgan fingerprint density at radius 2 is 2.05 bits per heavy atom. The van der Waals surface area contributed by atoms with Gasteiger partial charge in [0.2, 0.25) is 0 Å². The first-order valence-corrected chi connectivity index (χ1v) is 7.41. The summed E-state index contributed by atoms with van der Waals surface area (Å²) in [5, 5.41) is 4.57. The number of anilines is 1. The standard InChI is InChI=1S/C14H21NO4S/c1-5-18-12(16)7-6-11-10(8-9-20-11)15-13(17)19-14(2,3)4/h8-9H,5-7H2,1-4H3,(H,15,17). The molecule has 1 amide bonds. The monoisotopic (exact) mass is 299 g/mol. The largest absolute Gasteiger partial charge is 0.466 e. The minimum atomic E-state index is -0.537. The highest BCUT2D eigenvalue weighted by atomic mass is 32.1. The van der Waals surface area contributed by atoms with Crippen LogP contribution in [-0.2, 0) is 20.7 Å². The Morgan fingerprint density at radius 1 is 1.35 bits per heavy atom. The summed E-state index contributed by atoms with van der Waals surface area (Å²) in [7, 11) is 0. The number of hydrogen-bond acceptors (Lipinski definition) is 5. The van der Waals surface area contributed by atoms with Crippen molar-refractivity contribution in [3.63, 3.8) is 0 Å². The second-order valence-electron chi connectivity index (χ2n) is 5.19. The van der Waals surface area contributed by atoms with Crippen molar-refractivity contribution in [1.82, 2.24) is 0 Å². The van der Waals surface area contributed by atoms with Crippen LogP contribution < -0.4 is 5.32 Å². The van der Waals surface area contributed by atoms with Gasteiger partial charge in [0, 0.05) is 4.88 Å². The number of ether oxygens (including phenoxy) is 2. The van der Waals surface area contributed by atoms with E-state index in [-0.39, 0.29) is 5.97 Å². The van der Waals surface area contributed by atoms with Crippen LogP contribution in [0.1, 0.15) is 39.0 Å². The first-order valence-electron chi connectivity index (χ1n) is 6.54. The molecule has 0 radical (unpaired) electrons. The van der Waals surface area contributed by atoms with E-state index in [0.717, 1.165) is 4.88 Å². The van der Waals surface area contributed by atoms with Crippen LogP contribution >= 0.6 is 11.3 Å². The maximum atomic E-state index is 11.7. The van der Waals surface area contributed by atoms with Gasteiger partial charge < -0.3 is 9.47 Å². The van der Waals surface area contributed by atoms with Crippen molar-refractivity contribution in [3.8, 4) is 0 Å². The predicted molar refractivity (Wildman–Crippen MR) is 79.1 cm³/mol. The Balaban J connectivity index is 2.54. The van der Waals surface area contributed by atoms with Gasteiger partial charge in [-0.1, -0.05) is 0 Å². The number of carbonyl (C=O) groups excluding carboxylic acids is 2. The molecular weight excluding hydrogens is 278 g/mol. The highest BCUT2D eigenvalue weighted by Gasteiger charge is 2.17. The third kappa shape index (κ3) is 6.06. The number of hydrogen-bond donors (Lipinski definition) is 1.